The number of rotatable bonds is 6. The third-order valence-corrected chi connectivity index (χ3v) is 4.66. The molecular formula is C21H22N2O6. The van der Waals surface area contributed by atoms with Crippen molar-refractivity contribution in [1.29, 1.82) is 0 Å². The number of Topliss-reactive ketones (excluding diaryl/α,β-unsaturated/α-hetero) is 1. The van der Waals surface area contributed by atoms with Crippen molar-refractivity contribution >= 4 is 29.0 Å². The first kappa shape index (κ1) is 20.2. The number of fused-ring (bicyclic) bond motifs is 1. The van der Waals surface area contributed by atoms with E-state index in [-0.39, 0.29) is 18.3 Å². The van der Waals surface area contributed by atoms with Crippen LogP contribution >= 0.6 is 0 Å². The van der Waals surface area contributed by atoms with Crippen molar-refractivity contribution < 1.29 is 28.6 Å². The predicted molar refractivity (Wildman–Crippen MR) is 107 cm³/mol. The molecule has 1 aliphatic rings. The number of nitrogens with zero attached hydrogens (tertiary/aromatic N) is 1. The molecule has 1 aliphatic heterocycles. The average molecular weight is 398 g/mol. The molecule has 0 aliphatic carbocycles. The van der Waals surface area contributed by atoms with Crippen molar-refractivity contribution in [3.8, 4) is 17.2 Å². The minimum Gasteiger partial charge on any atom is -0.493 e. The largest absolute Gasteiger partial charge is 0.493 e. The second-order valence-electron chi connectivity index (χ2n) is 6.53. The lowest BCUT2D eigenvalue weighted by Crippen LogP contribution is -2.49. The number of nitrogens with one attached hydrogen (secondary N) is 1. The normalized spacial score (nSPS) is 13.8. The van der Waals surface area contributed by atoms with E-state index >= 15 is 0 Å². The summed E-state index contributed by atoms with van der Waals surface area (Å²) in [6.07, 6.45) is 0. The summed E-state index contributed by atoms with van der Waals surface area (Å²) in [6, 6.07) is 8.97. The van der Waals surface area contributed by atoms with Gasteiger partial charge in [0.25, 0.3) is 5.91 Å². The van der Waals surface area contributed by atoms with Crippen LogP contribution < -0.4 is 24.4 Å². The highest BCUT2D eigenvalue weighted by atomic mass is 16.5. The standard InChI is InChI=1S/C21H22N2O6/c1-12(21(26)22-15-6-8-18(27-3)19(10-15)28-4)23-16-9-14(13(2)24)5-7-17(16)29-11-20(23)25/h5-10,12H,11H2,1-4H3,(H,22,26). The van der Waals surface area contributed by atoms with Gasteiger partial charge in [0.15, 0.2) is 23.9 Å². The molecule has 1 atom stereocenters. The topological polar surface area (TPSA) is 94.2 Å². The van der Waals surface area contributed by atoms with Gasteiger partial charge in [0, 0.05) is 17.3 Å². The van der Waals surface area contributed by atoms with Crippen molar-refractivity contribution in [3.63, 3.8) is 0 Å². The third-order valence-electron chi connectivity index (χ3n) is 4.66. The second kappa shape index (κ2) is 8.22. The van der Waals surface area contributed by atoms with Crippen LogP contribution in [0.5, 0.6) is 17.2 Å². The summed E-state index contributed by atoms with van der Waals surface area (Å²) in [4.78, 5) is 38.5. The number of benzene rings is 2. The Kier molecular flexibility index (Phi) is 5.72. The van der Waals surface area contributed by atoms with Gasteiger partial charge in [-0.1, -0.05) is 0 Å². The molecule has 29 heavy (non-hydrogen) atoms. The van der Waals surface area contributed by atoms with Gasteiger partial charge in [-0.25, -0.2) is 0 Å². The molecule has 1 heterocycles. The van der Waals surface area contributed by atoms with Crippen molar-refractivity contribution in [1.82, 2.24) is 0 Å². The van der Waals surface area contributed by atoms with Gasteiger partial charge in [-0.3, -0.25) is 19.3 Å². The minimum atomic E-state index is -0.833. The summed E-state index contributed by atoms with van der Waals surface area (Å²) in [5, 5.41) is 2.78. The Morgan fingerprint density at radius 1 is 1.10 bits per heavy atom. The number of hydrogen-bond donors (Lipinski definition) is 1. The van der Waals surface area contributed by atoms with Gasteiger partial charge in [-0.15, -0.1) is 0 Å². The van der Waals surface area contributed by atoms with E-state index in [1.807, 2.05) is 0 Å². The highest BCUT2D eigenvalue weighted by Crippen LogP contribution is 2.35. The van der Waals surface area contributed by atoms with Gasteiger partial charge in [0.2, 0.25) is 5.91 Å². The zero-order valence-corrected chi connectivity index (χ0v) is 16.6. The number of methoxy groups -OCH3 is 2. The number of hydrogen-bond acceptors (Lipinski definition) is 6. The smallest absolute Gasteiger partial charge is 0.265 e. The Labute approximate surface area is 168 Å². The first-order valence-corrected chi connectivity index (χ1v) is 8.98. The Bertz CT molecular complexity index is 972. The summed E-state index contributed by atoms with van der Waals surface area (Å²) >= 11 is 0. The predicted octanol–water partition coefficient (Wildman–Crippen LogP) is 2.66. The van der Waals surface area contributed by atoms with Crippen molar-refractivity contribution in [2.75, 3.05) is 31.0 Å². The molecule has 0 saturated carbocycles. The Balaban J connectivity index is 1.87. The maximum atomic E-state index is 12.9. The van der Waals surface area contributed by atoms with E-state index in [0.717, 1.165) is 0 Å². The van der Waals surface area contributed by atoms with E-state index in [1.165, 1.54) is 26.0 Å². The maximum absolute atomic E-state index is 12.9. The number of ether oxygens (including phenoxy) is 3. The lowest BCUT2D eigenvalue weighted by Gasteiger charge is -2.33. The number of anilines is 2. The van der Waals surface area contributed by atoms with Crippen LogP contribution in [0.3, 0.4) is 0 Å². The molecule has 2 amide bonds. The van der Waals surface area contributed by atoms with E-state index in [1.54, 1.807) is 43.3 Å². The fraction of sp³-hybridized carbons (Fsp3) is 0.286. The van der Waals surface area contributed by atoms with Gasteiger partial charge >= 0.3 is 0 Å². The molecule has 0 aromatic heterocycles. The summed E-state index contributed by atoms with van der Waals surface area (Å²) < 4.78 is 15.9. The summed E-state index contributed by atoms with van der Waals surface area (Å²) in [6.45, 7) is 2.87. The Morgan fingerprint density at radius 3 is 2.48 bits per heavy atom. The van der Waals surface area contributed by atoms with Crippen molar-refractivity contribution in [2.24, 2.45) is 0 Å². The molecular weight excluding hydrogens is 376 g/mol. The fourth-order valence-corrected chi connectivity index (χ4v) is 3.09. The van der Waals surface area contributed by atoms with Gasteiger partial charge < -0.3 is 19.5 Å². The molecule has 0 bridgehead atoms. The number of carbonyl (C=O) groups excluding carboxylic acids is 3. The van der Waals surface area contributed by atoms with E-state index in [9.17, 15) is 14.4 Å². The fourth-order valence-electron chi connectivity index (χ4n) is 3.09. The average Bonchev–Trinajstić information content (AvgIpc) is 2.72. The monoisotopic (exact) mass is 398 g/mol. The molecule has 2 aromatic carbocycles. The number of carbonyl (C=O) groups is 3. The number of ketones is 1. The molecule has 152 valence electrons. The number of amides is 2. The maximum Gasteiger partial charge on any atom is 0.265 e. The SMILES string of the molecule is COc1ccc(NC(=O)C(C)N2C(=O)COc3ccc(C(C)=O)cc32)cc1OC. The Morgan fingerprint density at radius 2 is 1.83 bits per heavy atom. The lowest BCUT2D eigenvalue weighted by molar-refractivity contribution is -0.125. The first-order chi connectivity index (χ1) is 13.8. The summed E-state index contributed by atoms with van der Waals surface area (Å²) in [7, 11) is 3.02. The van der Waals surface area contributed by atoms with Gasteiger partial charge in [0.05, 0.1) is 19.9 Å². The van der Waals surface area contributed by atoms with E-state index in [0.29, 0.717) is 34.2 Å². The van der Waals surface area contributed by atoms with Crippen LogP contribution in [0.4, 0.5) is 11.4 Å². The second-order valence-corrected chi connectivity index (χ2v) is 6.53. The van der Waals surface area contributed by atoms with Crippen LogP contribution in [0.15, 0.2) is 36.4 Å². The first-order valence-electron chi connectivity index (χ1n) is 8.98. The van der Waals surface area contributed by atoms with E-state index < -0.39 is 11.9 Å². The molecule has 0 spiro atoms. The molecule has 0 fully saturated rings. The zero-order valence-electron chi connectivity index (χ0n) is 16.6. The van der Waals surface area contributed by atoms with Crippen LogP contribution in [0.1, 0.15) is 24.2 Å². The highest BCUT2D eigenvalue weighted by molar-refractivity contribution is 6.08. The van der Waals surface area contributed by atoms with Gasteiger partial charge in [0.1, 0.15) is 11.8 Å². The Hall–Kier alpha value is -3.55. The quantitative estimate of drug-likeness (QED) is 0.752. The molecule has 0 radical (unpaired) electrons. The van der Waals surface area contributed by atoms with E-state index in [2.05, 4.69) is 5.32 Å². The van der Waals surface area contributed by atoms with E-state index in [4.69, 9.17) is 14.2 Å². The van der Waals surface area contributed by atoms with Crippen LogP contribution in [0.2, 0.25) is 0 Å². The zero-order chi connectivity index (χ0) is 21.1. The van der Waals surface area contributed by atoms with Crippen LogP contribution in [0, 0.1) is 0 Å². The molecule has 1 N–H and O–H groups in total. The summed E-state index contributed by atoms with van der Waals surface area (Å²) in [5.74, 6) is 0.540. The minimum absolute atomic E-state index is 0.145. The highest BCUT2D eigenvalue weighted by Gasteiger charge is 2.33. The molecule has 0 saturated heterocycles. The molecule has 3 rings (SSSR count). The van der Waals surface area contributed by atoms with Crippen LogP contribution in [-0.2, 0) is 9.59 Å². The third kappa shape index (κ3) is 4.01. The van der Waals surface area contributed by atoms with Crippen molar-refractivity contribution in [3.05, 3.63) is 42.0 Å². The molecule has 2 aromatic rings. The van der Waals surface area contributed by atoms with Gasteiger partial charge in [-0.2, -0.15) is 0 Å². The lowest BCUT2D eigenvalue weighted by atomic mass is 10.1. The van der Waals surface area contributed by atoms with Crippen LogP contribution in [-0.4, -0.2) is 44.5 Å². The van der Waals surface area contributed by atoms with Gasteiger partial charge in [-0.05, 0) is 44.2 Å². The summed E-state index contributed by atoms with van der Waals surface area (Å²) in [5.41, 5.74) is 1.32. The molecule has 1 unspecified atom stereocenters. The molecule has 8 nitrogen and oxygen atoms in total. The van der Waals surface area contributed by atoms with Crippen LogP contribution in [0.25, 0.3) is 0 Å². The van der Waals surface area contributed by atoms with Crippen molar-refractivity contribution in [2.45, 2.75) is 19.9 Å². The molecule has 8 heteroatoms.